The first kappa shape index (κ1) is 18.9. The highest BCUT2D eigenvalue weighted by Crippen LogP contribution is 2.18. The van der Waals surface area contributed by atoms with Crippen LogP contribution in [0.4, 0.5) is 0 Å². The van der Waals surface area contributed by atoms with Gasteiger partial charge in [0.25, 0.3) is 5.56 Å². The van der Waals surface area contributed by atoms with Crippen molar-refractivity contribution in [1.82, 2.24) is 14.9 Å². The van der Waals surface area contributed by atoms with Crippen molar-refractivity contribution in [2.24, 2.45) is 0 Å². The van der Waals surface area contributed by atoms with E-state index in [1.807, 2.05) is 60.7 Å². The van der Waals surface area contributed by atoms with E-state index in [0.29, 0.717) is 17.4 Å². The first-order chi connectivity index (χ1) is 13.1. The summed E-state index contributed by atoms with van der Waals surface area (Å²) in [5.74, 6) is 0.128. The smallest absolute Gasteiger partial charge is 0.258 e. The fraction of sp³-hybridized carbons (Fsp3) is 0.190. The van der Waals surface area contributed by atoms with Crippen molar-refractivity contribution in [3.8, 4) is 5.69 Å². The van der Waals surface area contributed by atoms with E-state index >= 15 is 0 Å². The number of aromatic nitrogens is 2. The molecule has 0 aliphatic heterocycles. The Hall–Kier alpha value is -2.86. The Labute approximate surface area is 162 Å². The first-order valence-electron chi connectivity index (χ1n) is 8.73. The summed E-state index contributed by atoms with van der Waals surface area (Å²) in [4.78, 5) is 29.1. The number of amides is 1. The van der Waals surface area contributed by atoms with Gasteiger partial charge in [0, 0.05) is 18.3 Å². The predicted octanol–water partition coefficient (Wildman–Crippen LogP) is 2.99. The zero-order chi connectivity index (χ0) is 19.1. The molecule has 1 heterocycles. The van der Waals surface area contributed by atoms with Crippen LogP contribution >= 0.6 is 11.8 Å². The van der Waals surface area contributed by atoms with Crippen LogP contribution < -0.4 is 10.9 Å². The minimum atomic E-state index is -0.152. The first-order valence-corrected chi connectivity index (χ1v) is 9.71. The zero-order valence-electron chi connectivity index (χ0n) is 15.1. The standard InChI is InChI=1S/C21H21N3O2S/c1-16-14-20(26)24(18-10-6-3-7-11-18)21(23-16)27-15-19(25)22-13-12-17-8-4-2-5-9-17/h2-11,14H,12-13,15H2,1H3,(H,22,25). The van der Waals surface area contributed by atoms with Crippen LogP contribution in [-0.4, -0.2) is 27.8 Å². The molecule has 0 fully saturated rings. The van der Waals surface area contributed by atoms with Crippen molar-refractivity contribution < 1.29 is 4.79 Å². The zero-order valence-corrected chi connectivity index (χ0v) is 15.9. The van der Waals surface area contributed by atoms with E-state index in [-0.39, 0.29) is 17.2 Å². The van der Waals surface area contributed by atoms with Crippen molar-refractivity contribution in [1.29, 1.82) is 0 Å². The Morgan fingerprint density at radius 2 is 1.74 bits per heavy atom. The molecule has 1 N–H and O–H groups in total. The van der Waals surface area contributed by atoms with Gasteiger partial charge in [-0.3, -0.25) is 14.2 Å². The van der Waals surface area contributed by atoms with Crippen molar-refractivity contribution >= 4 is 17.7 Å². The number of rotatable bonds is 7. The minimum absolute atomic E-state index is 0.0775. The van der Waals surface area contributed by atoms with Crippen LogP contribution in [0, 0.1) is 6.92 Å². The number of carbonyl (C=O) groups excluding carboxylic acids is 1. The van der Waals surface area contributed by atoms with Gasteiger partial charge in [-0.05, 0) is 31.0 Å². The van der Waals surface area contributed by atoms with Crippen LogP contribution in [0.25, 0.3) is 5.69 Å². The van der Waals surface area contributed by atoms with E-state index in [0.717, 1.165) is 12.1 Å². The van der Waals surface area contributed by atoms with Gasteiger partial charge in [0.2, 0.25) is 5.91 Å². The average Bonchev–Trinajstić information content (AvgIpc) is 2.67. The summed E-state index contributed by atoms with van der Waals surface area (Å²) < 4.78 is 1.54. The number of nitrogens with one attached hydrogen (secondary N) is 1. The molecule has 6 heteroatoms. The molecule has 0 spiro atoms. The van der Waals surface area contributed by atoms with Crippen LogP contribution in [0.1, 0.15) is 11.3 Å². The fourth-order valence-corrected chi connectivity index (χ4v) is 3.55. The number of nitrogens with zero attached hydrogens (tertiary/aromatic N) is 2. The summed E-state index contributed by atoms with van der Waals surface area (Å²) in [6.45, 7) is 2.36. The Morgan fingerprint density at radius 1 is 1.07 bits per heavy atom. The van der Waals surface area contributed by atoms with E-state index < -0.39 is 0 Å². The van der Waals surface area contributed by atoms with E-state index in [1.54, 1.807) is 6.92 Å². The van der Waals surface area contributed by atoms with Gasteiger partial charge in [0.05, 0.1) is 11.4 Å². The van der Waals surface area contributed by atoms with Gasteiger partial charge in [0.15, 0.2) is 5.16 Å². The van der Waals surface area contributed by atoms with Crippen molar-refractivity contribution in [3.63, 3.8) is 0 Å². The van der Waals surface area contributed by atoms with E-state index in [1.165, 1.54) is 28.0 Å². The van der Waals surface area contributed by atoms with Crippen LogP contribution in [0.2, 0.25) is 0 Å². The molecule has 0 aliphatic carbocycles. The summed E-state index contributed by atoms with van der Waals surface area (Å²) in [7, 11) is 0. The summed E-state index contributed by atoms with van der Waals surface area (Å²) in [6, 6.07) is 20.8. The van der Waals surface area contributed by atoms with E-state index in [2.05, 4.69) is 10.3 Å². The van der Waals surface area contributed by atoms with E-state index in [9.17, 15) is 9.59 Å². The Morgan fingerprint density at radius 3 is 2.44 bits per heavy atom. The molecule has 2 aromatic carbocycles. The molecule has 0 radical (unpaired) electrons. The molecule has 138 valence electrons. The van der Waals surface area contributed by atoms with Crippen LogP contribution in [-0.2, 0) is 11.2 Å². The second-order valence-electron chi connectivity index (χ2n) is 6.06. The van der Waals surface area contributed by atoms with Gasteiger partial charge in [-0.15, -0.1) is 0 Å². The quantitative estimate of drug-likeness (QED) is 0.506. The number of benzene rings is 2. The second-order valence-corrected chi connectivity index (χ2v) is 7.01. The molecule has 3 aromatic rings. The molecule has 5 nitrogen and oxygen atoms in total. The largest absolute Gasteiger partial charge is 0.355 e. The highest BCUT2D eigenvalue weighted by molar-refractivity contribution is 7.99. The summed E-state index contributed by atoms with van der Waals surface area (Å²) in [5.41, 5.74) is 2.41. The molecular weight excluding hydrogens is 358 g/mol. The molecule has 27 heavy (non-hydrogen) atoms. The molecule has 0 bridgehead atoms. The lowest BCUT2D eigenvalue weighted by molar-refractivity contribution is -0.118. The SMILES string of the molecule is Cc1cc(=O)n(-c2ccccc2)c(SCC(=O)NCCc2ccccc2)n1. The normalized spacial score (nSPS) is 10.6. The lowest BCUT2D eigenvalue weighted by atomic mass is 10.1. The molecule has 0 saturated heterocycles. The van der Waals surface area contributed by atoms with Gasteiger partial charge in [-0.2, -0.15) is 0 Å². The third-order valence-corrected chi connectivity index (χ3v) is 4.88. The molecule has 1 amide bonds. The maximum atomic E-state index is 12.4. The molecule has 0 unspecified atom stereocenters. The van der Waals surface area contributed by atoms with Gasteiger partial charge >= 0.3 is 0 Å². The maximum Gasteiger partial charge on any atom is 0.258 e. The number of aryl methyl sites for hydroxylation is 1. The number of para-hydroxylation sites is 1. The third-order valence-electron chi connectivity index (χ3n) is 3.94. The Balaban J connectivity index is 1.63. The molecular formula is C21H21N3O2S. The third kappa shape index (κ3) is 5.31. The average molecular weight is 379 g/mol. The predicted molar refractivity (Wildman–Crippen MR) is 108 cm³/mol. The number of thioether (sulfide) groups is 1. The number of hydrogen-bond acceptors (Lipinski definition) is 4. The van der Waals surface area contributed by atoms with Gasteiger partial charge in [-0.1, -0.05) is 60.3 Å². The number of carbonyl (C=O) groups is 1. The summed E-state index contributed by atoms with van der Waals surface area (Å²) in [6.07, 6.45) is 0.786. The lowest BCUT2D eigenvalue weighted by Crippen LogP contribution is -2.28. The topological polar surface area (TPSA) is 64.0 Å². The number of hydrogen-bond donors (Lipinski definition) is 1. The molecule has 3 rings (SSSR count). The highest BCUT2D eigenvalue weighted by Gasteiger charge is 2.12. The van der Waals surface area contributed by atoms with Crippen molar-refractivity contribution in [3.05, 3.63) is 88.3 Å². The minimum Gasteiger partial charge on any atom is -0.355 e. The van der Waals surface area contributed by atoms with Crippen LogP contribution in [0.5, 0.6) is 0 Å². The summed E-state index contributed by atoms with van der Waals surface area (Å²) >= 11 is 1.26. The Kier molecular flexibility index (Phi) is 6.44. The van der Waals surface area contributed by atoms with Crippen LogP contribution in [0.15, 0.2) is 76.7 Å². The highest BCUT2D eigenvalue weighted by atomic mass is 32.2. The van der Waals surface area contributed by atoms with Gasteiger partial charge < -0.3 is 5.32 Å². The molecule has 1 aromatic heterocycles. The van der Waals surface area contributed by atoms with Crippen molar-refractivity contribution in [2.45, 2.75) is 18.5 Å². The van der Waals surface area contributed by atoms with Crippen molar-refractivity contribution in [2.75, 3.05) is 12.3 Å². The van der Waals surface area contributed by atoms with Crippen LogP contribution in [0.3, 0.4) is 0 Å². The fourth-order valence-electron chi connectivity index (χ4n) is 2.65. The monoisotopic (exact) mass is 379 g/mol. The lowest BCUT2D eigenvalue weighted by Gasteiger charge is -2.12. The summed E-state index contributed by atoms with van der Waals surface area (Å²) in [5, 5.41) is 3.43. The van der Waals surface area contributed by atoms with Gasteiger partial charge in [0.1, 0.15) is 0 Å². The Bertz CT molecular complexity index is 956. The maximum absolute atomic E-state index is 12.4. The molecule has 0 aliphatic rings. The molecule has 0 atom stereocenters. The molecule has 0 saturated carbocycles. The van der Waals surface area contributed by atoms with E-state index in [4.69, 9.17) is 0 Å². The second kappa shape index (κ2) is 9.19. The van der Waals surface area contributed by atoms with Gasteiger partial charge in [-0.25, -0.2) is 4.98 Å².